The number of nitrogens with zero attached hydrogens (tertiary/aromatic N) is 4. The molecule has 2 heterocycles. The van der Waals surface area contributed by atoms with Gasteiger partial charge in [0.1, 0.15) is 17.9 Å². The first kappa shape index (κ1) is 15.5. The molecule has 0 aliphatic carbocycles. The fourth-order valence-electron chi connectivity index (χ4n) is 2.89. The number of hydrogen-bond acceptors (Lipinski definition) is 4. The summed E-state index contributed by atoms with van der Waals surface area (Å²) in [5.41, 5.74) is 0. The Balaban J connectivity index is 1.43. The predicted molar refractivity (Wildman–Crippen MR) is 85.9 cm³/mol. The van der Waals surface area contributed by atoms with Gasteiger partial charge in [-0.05, 0) is 30.9 Å². The molecule has 0 atom stereocenters. The number of carbonyl (C=O) groups excluding carboxylic acids is 1. The molecule has 1 aliphatic rings. The van der Waals surface area contributed by atoms with Crippen LogP contribution in [0.5, 0.6) is 5.75 Å². The third kappa shape index (κ3) is 4.09. The molecule has 0 bridgehead atoms. The molecule has 0 radical (unpaired) electrons. The van der Waals surface area contributed by atoms with Gasteiger partial charge in [0.2, 0.25) is 0 Å². The molecule has 1 amide bonds. The van der Waals surface area contributed by atoms with Crippen LogP contribution < -0.4 is 4.74 Å². The smallest absolute Gasteiger partial charge is 0.260 e. The highest BCUT2D eigenvalue weighted by Gasteiger charge is 2.24. The van der Waals surface area contributed by atoms with Crippen molar-refractivity contribution in [3.8, 4) is 5.75 Å². The number of rotatable bonds is 5. The minimum absolute atomic E-state index is 0.0611. The monoisotopic (exact) mass is 314 g/mol. The Labute approximate surface area is 136 Å². The van der Waals surface area contributed by atoms with E-state index in [1.807, 2.05) is 46.8 Å². The highest BCUT2D eigenvalue weighted by molar-refractivity contribution is 5.77. The van der Waals surface area contributed by atoms with Crippen LogP contribution in [0.1, 0.15) is 18.7 Å². The number of aromatic nitrogens is 3. The number of hydrogen-bond donors (Lipinski definition) is 0. The molecule has 23 heavy (non-hydrogen) atoms. The number of piperidine rings is 1. The van der Waals surface area contributed by atoms with Gasteiger partial charge in [0.25, 0.3) is 5.91 Å². The Bertz CT molecular complexity index is 633. The summed E-state index contributed by atoms with van der Waals surface area (Å²) >= 11 is 0. The van der Waals surface area contributed by atoms with E-state index in [9.17, 15) is 4.79 Å². The van der Waals surface area contributed by atoms with Crippen molar-refractivity contribution in [3.63, 3.8) is 0 Å². The molecular formula is C17H22N4O2. The van der Waals surface area contributed by atoms with Crippen LogP contribution in [0.15, 0.2) is 36.7 Å². The molecule has 122 valence electrons. The molecule has 0 N–H and O–H groups in total. The Morgan fingerprint density at radius 3 is 2.65 bits per heavy atom. The first-order valence-corrected chi connectivity index (χ1v) is 8.01. The molecule has 1 fully saturated rings. The summed E-state index contributed by atoms with van der Waals surface area (Å²) in [6.07, 6.45) is 4.67. The number of para-hydroxylation sites is 1. The predicted octanol–water partition coefficient (Wildman–Crippen LogP) is 1.68. The van der Waals surface area contributed by atoms with Crippen molar-refractivity contribution < 1.29 is 9.53 Å². The Kier molecular flexibility index (Phi) is 4.90. The zero-order chi connectivity index (χ0) is 16.1. The summed E-state index contributed by atoms with van der Waals surface area (Å²) in [4.78, 5) is 14.1. The zero-order valence-corrected chi connectivity index (χ0v) is 13.4. The fourth-order valence-corrected chi connectivity index (χ4v) is 2.89. The third-order valence-electron chi connectivity index (χ3n) is 4.35. The van der Waals surface area contributed by atoms with E-state index in [-0.39, 0.29) is 12.5 Å². The highest BCUT2D eigenvalue weighted by Crippen LogP contribution is 2.21. The maximum Gasteiger partial charge on any atom is 0.260 e. The fraction of sp³-hybridized carbons (Fsp3) is 0.471. The molecule has 3 rings (SSSR count). The molecule has 6 nitrogen and oxygen atoms in total. The number of likely N-dealkylation sites (tertiary alicyclic amines) is 1. The van der Waals surface area contributed by atoms with Gasteiger partial charge >= 0.3 is 0 Å². The standard InChI is InChI=1S/C17H22N4O2/c1-20-13-18-19-16(20)11-14-7-9-21(10-8-14)17(22)12-23-15-5-3-2-4-6-15/h2-6,13-14H,7-12H2,1H3. The Morgan fingerprint density at radius 2 is 2.00 bits per heavy atom. The maximum absolute atomic E-state index is 12.2. The summed E-state index contributed by atoms with van der Waals surface area (Å²) in [5.74, 6) is 2.38. The van der Waals surface area contributed by atoms with Gasteiger partial charge in [-0.15, -0.1) is 10.2 Å². The lowest BCUT2D eigenvalue weighted by molar-refractivity contribution is -0.134. The molecular weight excluding hydrogens is 292 g/mol. The van der Waals surface area contributed by atoms with Crippen LogP contribution in [0.4, 0.5) is 0 Å². The third-order valence-corrected chi connectivity index (χ3v) is 4.35. The largest absolute Gasteiger partial charge is 0.484 e. The molecule has 0 unspecified atom stereocenters. The summed E-state index contributed by atoms with van der Waals surface area (Å²) < 4.78 is 7.50. The molecule has 1 saturated heterocycles. The second-order valence-electron chi connectivity index (χ2n) is 5.99. The van der Waals surface area contributed by atoms with E-state index in [2.05, 4.69) is 10.2 Å². The van der Waals surface area contributed by atoms with Gasteiger partial charge in [-0.25, -0.2) is 0 Å². The van der Waals surface area contributed by atoms with Gasteiger partial charge in [-0.2, -0.15) is 0 Å². The van der Waals surface area contributed by atoms with E-state index in [1.165, 1.54) is 0 Å². The van der Waals surface area contributed by atoms with Gasteiger partial charge in [-0.1, -0.05) is 18.2 Å². The summed E-state index contributed by atoms with van der Waals surface area (Å²) in [6, 6.07) is 9.45. The van der Waals surface area contributed by atoms with E-state index in [4.69, 9.17) is 4.74 Å². The molecule has 6 heteroatoms. The number of ether oxygens (including phenoxy) is 1. The number of benzene rings is 1. The van der Waals surface area contributed by atoms with Crippen molar-refractivity contribution in [1.82, 2.24) is 19.7 Å². The summed E-state index contributed by atoms with van der Waals surface area (Å²) in [5, 5.41) is 8.05. The Hall–Kier alpha value is -2.37. The highest BCUT2D eigenvalue weighted by atomic mass is 16.5. The lowest BCUT2D eigenvalue weighted by atomic mass is 9.93. The average Bonchev–Trinajstić information content (AvgIpc) is 2.99. The lowest BCUT2D eigenvalue weighted by Crippen LogP contribution is -2.41. The first-order valence-electron chi connectivity index (χ1n) is 8.01. The van der Waals surface area contributed by atoms with Crippen molar-refractivity contribution in [3.05, 3.63) is 42.5 Å². The zero-order valence-electron chi connectivity index (χ0n) is 13.4. The lowest BCUT2D eigenvalue weighted by Gasteiger charge is -2.31. The van der Waals surface area contributed by atoms with Gasteiger partial charge in [0, 0.05) is 26.6 Å². The van der Waals surface area contributed by atoms with Crippen LogP contribution in [0, 0.1) is 5.92 Å². The quantitative estimate of drug-likeness (QED) is 0.842. The van der Waals surface area contributed by atoms with Gasteiger partial charge in [0.05, 0.1) is 0 Å². The maximum atomic E-state index is 12.2. The molecule has 2 aromatic rings. The van der Waals surface area contributed by atoms with E-state index in [1.54, 1.807) is 6.33 Å². The van der Waals surface area contributed by atoms with Crippen LogP contribution in [0.25, 0.3) is 0 Å². The minimum atomic E-state index is 0.0611. The van der Waals surface area contributed by atoms with Crippen LogP contribution >= 0.6 is 0 Å². The summed E-state index contributed by atoms with van der Waals surface area (Å²) in [6.45, 7) is 1.69. The van der Waals surface area contributed by atoms with E-state index >= 15 is 0 Å². The minimum Gasteiger partial charge on any atom is -0.484 e. The number of amides is 1. The van der Waals surface area contributed by atoms with Crippen molar-refractivity contribution in [2.24, 2.45) is 13.0 Å². The van der Waals surface area contributed by atoms with Crippen LogP contribution in [-0.2, 0) is 18.3 Å². The molecule has 0 spiro atoms. The number of aryl methyl sites for hydroxylation is 1. The van der Waals surface area contributed by atoms with E-state index in [0.717, 1.165) is 43.9 Å². The van der Waals surface area contributed by atoms with Crippen LogP contribution in [0.2, 0.25) is 0 Å². The van der Waals surface area contributed by atoms with Crippen LogP contribution in [-0.4, -0.2) is 45.3 Å². The van der Waals surface area contributed by atoms with Crippen molar-refractivity contribution in [1.29, 1.82) is 0 Å². The van der Waals surface area contributed by atoms with E-state index < -0.39 is 0 Å². The van der Waals surface area contributed by atoms with Crippen LogP contribution in [0.3, 0.4) is 0 Å². The van der Waals surface area contributed by atoms with Gasteiger partial charge in [-0.3, -0.25) is 4.79 Å². The average molecular weight is 314 g/mol. The van der Waals surface area contributed by atoms with Gasteiger partial charge in [0.15, 0.2) is 6.61 Å². The topological polar surface area (TPSA) is 60.2 Å². The van der Waals surface area contributed by atoms with E-state index in [0.29, 0.717) is 5.92 Å². The molecule has 1 aliphatic heterocycles. The Morgan fingerprint density at radius 1 is 1.26 bits per heavy atom. The molecule has 1 aromatic carbocycles. The second-order valence-corrected chi connectivity index (χ2v) is 5.99. The molecule has 1 aromatic heterocycles. The first-order chi connectivity index (χ1) is 11.2. The van der Waals surface area contributed by atoms with Crippen molar-refractivity contribution >= 4 is 5.91 Å². The SMILES string of the molecule is Cn1cnnc1CC1CCN(C(=O)COc2ccccc2)CC1. The van der Waals surface area contributed by atoms with Gasteiger partial charge < -0.3 is 14.2 Å². The van der Waals surface area contributed by atoms with Crippen molar-refractivity contribution in [2.45, 2.75) is 19.3 Å². The second kappa shape index (κ2) is 7.26. The molecule has 0 saturated carbocycles. The summed E-state index contributed by atoms with van der Waals surface area (Å²) in [7, 11) is 1.97. The number of carbonyl (C=O) groups is 1. The van der Waals surface area contributed by atoms with Crippen molar-refractivity contribution in [2.75, 3.05) is 19.7 Å². The normalized spacial score (nSPS) is 15.6.